The quantitative estimate of drug-likeness (QED) is 0.496. The van der Waals surface area contributed by atoms with Gasteiger partial charge in [0.15, 0.2) is 0 Å². The maximum absolute atomic E-state index is 12.0. The lowest BCUT2D eigenvalue weighted by Gasteiger charge is -2.28. The number of carbonyl (C=O) groups excluding carboxylic acids is 1. The molecule has 0 saturated heterocycles. The zero-order valence-corrected chi connectivity index (χ0v) is 11.3. The van der Waals surface area contributed by atoms with Gasteiger partial charge in [0, 0.05) is 19.3 Å². The first-order valence-corrected chi connectivity index (χ1v) is 6.65. The van der Waals surface area contributed by atoms with Gasteiger partial charge in [-0.2, -0.15) is 0 Å². The Morgan fingerprint density at radius 2 is 2.06 bits per heavy atom. The molecule has 0 bridgehead atoms. The van der Waals surface area contributed by atoms with E-state index in [-0.39, 0.29) is 5.97 Å². The molecule has 1 rings (SSSR count). The Morgan fingerprint density at radius 1 is 1.35 bits per heavy atom. The molecule has 0 aliphatic heterocycles. The summed E-state index contributed by atoms with van der Waals surface area (Å²) in [4.78, 5) is 12.0. The number of nitrogens with one attached hydrogen (secondary N) is 1. The second-order valence-corrected chi connectivity index (χ2v) is 4.83. The van der Waals surface area contributed by atoms with E-state index in [4.69, 9.17) is 9.47 Å². The van der Waals surface area contributed by atoms with E-state index in [0.29, 0.717) is 25.7 Å². The monoisotopic (exact) mass is 243 g/mol. The summed E-state index contributed by atoms with van der Waals surface area (Å²) < 4.78 is 10.6. The Kier molecular flexibility index (Phi) is 5.92. The summed E-state index contributed by atoms with van der Waals surface area (Å²) >= 11 is 0. The Morgan fingerprint density at radius 3 is 2.59 bits per heavy atom. The van der Waals surface area contributed by atoms with Crippen LogP contribution >= 0.6 is 0 Å². The molecule has 0 amide bonds. The summed E-state index contributed by atoms with van der Waals surface area (Å²) in [5.41, 5.74) is -0.592. The van der Waals surface area contributed by atoms with E-state index in [9.17, 15) is 4.79 Å². The third-order valence-electron chi connectivity index (χ3n) is 2.92. The molecule has 1 saturated carbocycles. The third kappa shape index (κ3) is 5.04. The fourth-order valence-electron chi connectivity index (χ4n) is 1.72. The molecular weight excluding hydrogens is 218 g/mol. The number of rotatable bonds is 9. The van der Waals surface area contributed by atoms with Gasteiger partial charge in [-0.3, -0.25) is 10.1 Å². The van der Waals surface area contributed by atoms with Crippen molar-refractivity contribution in [1.82, 2.24) is 5.32 Å². The highest BCUT2D eigenvalue weighted by Crippen LogP contribution is 2.25. The number of esters is 1. The first-order valence-electron chi connectivity index (χ1n) is 6.65. The van der Waals surface area contributed by atoms with Crippen molar-refractivity contribution in [2.75, 3.05) is 19.8 Å². The molecule has 1 unspecified atom stereocenters. The molecule has 1 N–H and O–H groups in total. The molecule has 0 aromatic carbocycles. The van der Waals surface area contributed by atoms with E-state index in [1.165, 1.54) is 0 Å². The lowest BCUT2D eigenvalue weighted by Crippen LogP contribution is -2.52. The fraction of sp³-hybridized carbons (Fsp3) is 0.923. The summed E-state index contributed by atoms with van der Waals surface area (Å²) in [5, 5.41) is 3.37. The summed E-state index contributed by atoms with van der Waals surface area (Å²) in [5.74, 6) is -0.160. The second-order valence-electron chi connectivity index (χ2n) is 4.83. The number of hydrogen-bond acceptors (Lipinski definition) is 4. The largest absolute Gasteiger partial charge is 0.465 e. The van der Waals surface area contributed by atoms with Gasteiger partial charge < -0.3 is 9.47 Å². The summed E-state index contributed by atoms with van der Waals surface area (Å²) in [6.45, 7) is 7.61. The molecule has 0 aromatic heterocycles. The van der Waals surface area contributed by atoms with Crippen LogP contribution in [0.4, 0.5) is 0 Å². The van der Waals surface area contributed by atoms with Gasteiger partial charge in [-0.05, 0) is 39.5 Å². The van der Waals surface area contributed by atoms with Crippen LogP contribution in [0.2, 0.25) is 0 Å². The third-order valence-corrected chi connectivity index (χ3v) is 2.92. The van der Waals surface area contributed by atoms with Crippen LogP contribution in [-0.2, 0) is 14.3 Å². The van der Waals surface area contributed by atoms with Crippen LogP contribution in [0.25, 0.3) is 0 Å². The van der Waals surface area contributed by atoms with Gasteiger partial charge in [0.1, 0.15) is 5.54 Å². The SMILES string of the molecule is CCCOCCC(C)(NC1CC1)C(=O)OCC. The molecule has 1 aliphatic carbocycles. The minimum absolute atomic E-state index is 0.160. The fourth-order valence-corrected chi connectivity index (χ4v) is 1.72. The maximum Gasteiger partial charge on any atom is 0.326 e. The van der Waals surface area contributed by atoms with Crippen molar-refractivity contribution in [2.24, 2.45) is 0 Å². The summed E-state index contributed by atoms with van der Waals surface area (Å²) in [6, 6.07) is 0.482. The van der Waals surface area contributed by atoms with Gasteiger partial charge >= 0.3 is 5.97 Å². The van der Waals surface area contributed by atoms with Gasteiger partial charge in [0.05, 0.1) is 6.61 Å². The van der Waals surface area contributed by atoms with Crippen LogP contribution in [0.5, 0.6) is 0 Å². The Hall–Kier alpha value is -0.610. The van der Waals surface area contributed by atoms with Crippen LogP contribution in [0.15, 0.2) is 0 Å². The Balaban J connectivity index is 2.41. The average molecular weight is 243 g/mol. The van der Waals surface area contributed by atoms with Gasteiger partial charge in [0.25, 0.3) is 0 Å². The molecule has 1 atom stereocenters. The molecule has 0 radical (unpaired) electrons. The smallest absolute Gasteiger partial charge is 0.326 e. The van der Waals surface area contributed by atoms with Gasteiger partial charge in [-0.1, -0.05) is 6.92 Å². The first-order chi connectivity index (χ1) is 8.12. The van der Waals surface area contributed by atoms with Crippen molar-refractivity contribution in [2.45, 2.75) is 58.0 Å². The number of carbonyl (C=O) groups is 1. The van der Waals surface area contributed by atoms with Crippen LogP contribution < -0.4 is 5.32 Å². The molecule has 1 fully saturated rings. The first kappa shape index (κ1) is 14.5. The van der Waals surface area contributed by atoms with Crippen LogP contribution in [0.1, 0.15) is 46.5 Å². The normalized spacial score (nSPS) is 18.8. The van der Waals surface area contributed by atoms with Gasteiger partial charge in [0.2, 0.25) is 0 Å². The predicted molar refractivity (Wildman–Crippen MR) is 66.9 cm³/mol. The predicted octanol–water partition coefficient (Wildman–Crippen LogP) is 1.88. The van der Waals surface area contributed by atoms with Crippen LogP contribution in [0.3, 0.4) is 0 Å². The Bertz CT molecular complexity index is 241. The van der Waals surface area contributed by atoms with Crippen molar-refractivity contribution in [3.05, 3.63) is 0 Å². The highest BCUT2D eigenvalue weighted by atomic mass is 16.5. The maximum atomic E-state index is 12.0. The molecule has 0 spiro atoms. The standard InChI is InChI=1S/C13H25NO3/c1-4-9-16-10-8-13(3,12(15)17-5-2)14-11-6-7-11/h11,14H,4-10H2,1-3H3. The zero-order chi connectivity index (χ0) is 12.7. The lowest BCUT2D eigenvalue weighted by atomic mass is 9.98. The average Bonchev–Trinajstić information content (AvgIpc) is 3.08. The van der Waals surface area contributed by atoms with Crippen molar-refractivity contribution < 1.29 is 14.3 Å². The highest BCUT2D eigenvalue weighted by Gasteiger charge is 2.39. The molecular formula is C13H25NO3. The summed E-state index contributed by atoms with van der Waals surface area (Å²) in [7, 11) is 0. The Labute approximate surface area is 104 Å². The topological polar surface area (TPSA) is 47.6 Å². The van der Waals surface area contributed by atoms with Crippen molar-refractivity contribution in [3.63, 3.8) is 0 Å². The number of ether oxygens (including phenoxy) is 2. The minimum Gasteiger partial charge on any atom is -0.465 e. The summed E-state index contributed by atoms with van der Waals surface area (Å²) in [6.07, 6.45) is 3.99. The molecule has 4 heteroatoms. The van der Waals surface area contributed by atoms with Gasteiger partial charge in [-0.25, -0.2) is 0 Å². The van der Waals surface area contributed by atoms with Gasteiger partial charge in [-0.15, -0.1) is 0 Å². The number of hydrogen-bond donors (Lipinski definition) is 1. The van der Waals surface area contributed by atoms with Crippen LogP contribution in [0, 0.1) is 0 Å². The van der Waals surface area contributed by atoms with Crippen molar-refractivity contribution in [1.29, 1.82) is 0 Å². The van der Waals surface area contributed by atoms with E-state index in [2.05, 4.69) is 12.2 Å². The minimum atomic E-state index is -0.592. The van der Waals surface area contributed by atoms with E-state index in [0.717, 1.165) is 25.9 Å². The van der Waals surface area contributed by atoms with E-state index in [1.807, 2.05) is 13.8 Å². The van der Waals surface area contributed by atoms with Crippen molar-refractivity contribution >= 4 is 5.97 Å². The highest BCUT2D eigenvalue weighted by molar-refractivity contribution is 5.80. The molecule has 0 aromatic rings. The van der Waals surface area contributed by atoms with E-state index >= 15 is 0 Å². The van der Waals surface area contributed by atoms with E-state index in [1.54, 1.807) is 0 Å². The van der Waals surface area contributed by atoms with Crippen LogP contribution in [-0.4, -0.2) is 37.4 Å². The van der Waals surface area contributed by atoms with Crippen molar-refractivity contribution in [3.8, 4) is 0 Å². The molecule has 0 heterocycles. The molecule has 17 heavy (non-hydrogen) atoms. The lowest BCUT2D eigenvalue weighted by molar-refractivity contribution is -0.151. The molecule has 1 aliphatic rings. The molecule has 100 valence electrons. The zero-order valence-electron chi connectivity index (χ0n) is 11.3. The van der Waals surface area contributed by atoms with E-state index < -0.39 is 5.54 Å². The second kappa shape index (κ2) is 6.97. The molecule has 4 nitrogen and oxygen atoms in total.